The summed E-state index contributed by atoms with van der Waals surface area (Å²) in [6, 6.07) is 9.97. The maximum absolute atomic E-state index is 12.0. The quantitative estimate of drug-likeness (QED) is 0.739. The summed E-state index contributed by atoms with van der Waals surface area (Å²) in [4.78, 5) is 13.8. The Morgan fingerprint density at radius 2 is 1.83 bits per heavy atom. The molecule has 98 valence electrons. The lowest BCUT2D eigenvalue weighted by atomic mass is 10.1. The molecule has 0 bridgehead atoms. The van der Waals surface area contributed by atoms with Gasteiger partial charge in [-0.2, -0.15) is 0 Å². The summed E-state index contributed by atoms with van der Waals surface area (Å²) in [6.45, 7) is 6.79. The predicted molar refractivity (Wildman–Crippen MR) is 77.4 cm³/mol. The maximum Gasteiger partial charge on any atom is 0.241 e. The number of hydrogen-bond acceptors (Lipinski definition) is 1. The van der Waals surface area contributed by atoms with Crippen LogP contribution in [-0.2, 0) is 4.79 Å². The monoisotopic (exact) mass is 265 g/mol. The molecule has 0 fully saturated rings. The number of benzene rings is 1. The Hall–Kier alpha value is -1.28. The van der Waals surface area contributed by atoms with Crippen molar-refractivity contribution in [3.05, 3.63) is 41.5 Å². The molecule has 1 aromatic rings. The number of carbonyl (C=O) groups is 1. The molecule has 0 unspecified atom stereocenters. The zero-order chi connectivity index (χ0) is 13.5. The Labute approximate surface area is 114 Å². The van der Waals surface area contributed by atoms with Crippen LogP contribution in [0.4, 0.5) is 0 Å². The van der Waals surface area contributed by atoms with Crippen molar-refractivity contribution in [1.82, 2.24) is 4.90 Å². The van der Waals surface area contributed by atoms with Gasteiger partial charge < -0.3 is 4.90 Å². The molecule has 0 aliphatic rings. The molecule has 1 rings (SSSR count). The Kier molecular flexibility index (Phi) is 5.93. The van der Waals surface area contributed by atoms with Crippen molar-refractivity contribution in [2.75, 3.05) is 12.4 Å². The summed E-state index contributed by atoms with van der Waals surface area (Å²) in [5.41, 5.74) is 3.15. The third-order valence-corrected chi connectivity index (χ3v) is 2.88. The highest BCUT2D eigenvalue weighted by Gasteiger charge is 2.18. The Balaban J connectivity index is 3.19. The number of halogens is 1. The van der Waals surface area contributed by atoms with E-state index in [-0.39, 0.29) is 11.8 Å². The van der Waals surface area contributed by atoms with E-state index in [1.807, 2.05) is 44.2 Å². The van der Waals surface area contributed by atoms with Crippen LogP contribution in [0, 0.1) is 0 Å². The zero-order valence-corrected chi connectivity index (χ0v) is 12.0. The lowest BCUT2D eigenvalue weighted by molar-refractivity contribution is -0.125. The van der Waals surface area contributed by atoms with Gasteiger partial charge in [0.1, 0.15) is 5.88 Å². The van der Waals surface area contributed by atoms with Crippen LogP contribution in [-0.4, -0.2) is 23.2 Å². The molecule has 0 radical (unpaired) electrons. The second kappa shape index (κ2) is 7.22. The van der Waals surface area contributed by atoms with Crippen LogP contribution in [0.15, 0.2) is 35.9 Å². The van der Waals surface area contributed by atoms with E-state index in [1.165, 1.54) is 0 Å². The SMILES string of the molecule is CCCN(C(=O)CCl)C(=C(C)C)c1ccccc1. The molecule has 0 saturated heterocycles. The first-order chi connectivity index (χ1) is 8.61. The van der Waals surface area contributed by atoms with Gasteiger partial charge in [-0.3, -0.25) is 4.79 Å². The van der Waals surface area contributed by atoms with E-state index in [2.05, 4.69) is 6.92 Å². The average Bonchev–Trinajstić information content (AvgIpc) is 2.38. The molecule has 0 heterocycles. The highest BCUT2D eigenvalue weighted by atomic mass is 35.5. The van der Waals surface area contributed by atoms with Crippen molar-refractivity contribution >= 4 is 23.2 Å². The van der Waals surface area contributed by atoms with Crippen LogP contribution in [0.3, 0.4) is 0 Å². The molecule has 0 atom stereocenters. The molecule has 0 spiro atoms. The Bertz CT molecular complexity index is 421. The summed E-state index contributed by atoms with van der Waals surface area (Å²) in [5.74, 6) is -0.0255. The number of carbonyl (C=O) groups excluding carboxylic acids is 1. The van der Waals surface area contributed by atoms with Crippen molar-refractivity contribution in [3.8, 4) is 0 Å². The van der Waals surface area contributed by atoms with Gasteiger partial charge in [-0.15, -0.1) is 11.6 Å². The Morgan fingerprint density at radius 1 is 1.22 bits per heavy atom. The maximum atomic E-state index is 12.0. The van der Waals surface area contributed by atoms with Crippen molar-refractivity contribution in [1.29, 1.82) is 0 Å². The van der Waals surface area contributed by atoms with Gasteiger partial charge in [0.2, 0.25) is 5.91 Å². The molecule has 1 aromatic carbocycles. The molecule has 0 N–H and O–H groups in total. The normalized spacial score (nSPS) is 10.0. The molecule has 2 nitrogen and oxygen atoms in total. The first kappa shape index (κ1) is 14.8. The average molecular weight is 266 g/mol. The summed E-state index contributed by atoms with van der Waals surface area (Å²) in [5, 5.41) is 0. The largest absolute Gasteiger partial charge is 0.311 e. The van der Waals surface area contributed by atoms with Gasteiger partial charge in [0.25, 0.3) is 0 Å². The first-order valence-electron chi connectivity index (χ1n) is 6.21. The van der Waals surface area contributed by atoms with Crippen LogP contribution in [0.2, 0.25) is 0 Å². The van der Waals surface area contributed by atoms with E-state index in [0.717, 1.165) is 23.3 Å². The smallest absolute Gasteiger partial charge is 0.241 e. The van der Waals surface area contributed by atoms with Crippen LogP contribution in [0.25, 0.3) is 5.70 Å². The van der Waals surface area contributed by atoms with E-state index >= 15 is 0 Å². The van der Waals surface area contributed by atoms with Gasteiger partial charge in [0, 0.05) is 12.2 Å². The fraction of sp³-hybridized carbons (Fsp3) is 0.400. The number of amides is 1. The third-order valence-electron chi connectivity index (χ3n) is 2.65. The highest BCUT2D eigenvalue weighted by molar-refractivity contribution is 6.27. The number of allylic oxidation sites excluding steroid dienone is 1. The minimum atomic E-state index is -0.0430. The lowest BCUT2D eigenvalue weighted by Crippen LogP contribution is -2.31. The van der Waals surface area contributed by atoms with Gasteiger partial charge in [0.05, 0.1) is 0 Å². The minimum Gasteiger partial charge on any atom is -0.311 e. The molecule has 18 heavy (non-hydrogen) atoms. The van der Waals surface area contributed by atoms with E-state index in [4.69, 9.17) is 11.6 Å². The molecular weight excluding hydrogens is 246 g/mol. The molecule has 3 heteroatoms. The minimum absolute atomic E-state index is 0.0175. The van der Waals surface area contributed by atoms with Crippen LogP contribution in [0.1, 0.15) is 32.8 Å². The summed E-state index contributed by atoms with van der Waals surface area (Å²) >= 11 is 5.70. The fourth-order valence-electron chi connectivity index (χ4n) is 1.97. The third kappa shape index (κ3) is 3.61. The number of rotatable bonds is 5. The van der Waals surface area contributed by atoms with Crippen LogP contribution < -0.4 is 0 Å². The number of nitrogens with zero attached hydrogens (tertiary/aromatic N) is 1. The summed E-state index contributed by atoms with van der Waals surface area (Å²) < 4.78 is 0. The van der Waals surface area contributed by atoms with Gasteiger partial charge >= 0.3 is 0 Å². The van der Waals surface area contributed by atoms with E-state index in [9.17, 15) is 4.79 Å². The van der Waals surface area contributed by atoms with Crippen molar-refractivity contribution in [2.45, 2.75) is 27.2 Å². The molecule has 0 aromatic heterocycles. The standard InChI is InChI=1S/C15H20ClNO/c1-4-10-17(14(18)11-16)15(12(2)3)13-8-6-5-7-9-13/h5-9H,4,10-11H2,1-3H3. The van der Waals surface area contributed by atoms with Gasteiger partial charge in [-0.25, -0.2) is 0 Å². The van der Waals surface area contributed by atoms with Crippen molar-refractivity contribution < 1.29 is 4.79 Å². The number of alkyl halides is 1. The van der Waals surface area contributed by atoms with Gasteiger partial charge in [-0.1, -0.05) is 42.8 Å². The molecule has 1 amide bonds. The molecular formula is C15H20ClNO. The second-order valence-corrected chi connectivity index (χ2v) is 4.66. The van der Waals surface area contributed by atoms with Crippen LogP contribution in [0.5, 0.6) is 0 Å². The second-order valence-electron chi connectivity index (χ2n) is 4.39. The van der Waals surface area contributed by atoms with Crippen LogP contribution >= 0.6 is 11.6 Å². The van der Waals surface area contributed by atoms with E-state index in [1.54, 1.807) is 4.90 Å². The first-order valence-corrected chi connectivity index (χ1v) is 6.74. The Morgan fingerprint density at radius 3 is 2.28 bits per heavy atom. The topological polar surface area (TPSA) is 20.3 Å². The van der Waals surface area contributed by atoms with Crippen molar-refractivity contribution in [3.63, 3.8) is 0 Å². The van der Waals surface area contributed by atoms with E-state index in [0.29, 0.717) is 6.54 Å². The molecule has 0 saturated carbocycles. The fourth-order valence-corrected chi connectivity index (χ4v) is 2.11. The molecule has 0 aliphatic carbocycles. The zero-order valence-electron chi connectivity index (χ0n) is 11.2. The van der Waals surface area contributed by atoms with E-state index < -0.39 is 0 Å². The summed E-state index contributed by atoms with van der Waals surface area (Å²) in [6.07, 6.45) is 0.909. The predicted octanol–water partition coefficient (Wildman–Crippen LogP) is 3.91. The lowest BCUT2D eigenvalue weighted by Gasteiger charge is -2.26. The van der Waals surface area contributed by atoms with Crippen molar-refractivity contribution in [2.24, 2.45) is 0 Å². The highest BCUT2D eigenvalue weighted by Crippen LogP contribution is 2.23. The summed E-state index contributed by atoms with van der Waals surface area (Å²) in [7, 11) is 0. The number of hydrogen-bond donors (Lipinski definition) is 0. The molecule has 0 aliphatic heterocycles. The van der Waals surface area contributed by atoms with Gasteiger partial charge in [0.15, 0.2) is 0 Å². The van der Waals surface area contributed by atoms with Gasteiger partial charge in [-0.05, 0) is 25.8 Å².